The van der Waals surface area contributed by atoms with Crippen molar-refractivity contribution in [2.24, 2.45) is 0 Å². The van der Waals surface area contributed by atoms with Crippen molar-refractivity contribution in [3.8, 4) is 0 Å². The zero-order valence-electron chi connectivity index (χ0n) is 12.6. The first-order valence-corrected chi connectivity index (χ1v) is 8.13. The van der Waals surface area contributed by atoms with Gasteiger partial charge in [-0.2, -0.15) is 0 Å². The Hall–Kier alpha value is -1.45. The quantitative estimate of drug-likeness (QED) is 0.853. The van der Waals surface area contributed by atoms with E-state index in [1.165, 1.54) is 16.0 Å². The third-order valence-electron chi connectivity index (χ3n) is 3.66. The molecule has 3 heteroatoms. The molecule has 2 heterocycles. The number of rotatable bonds is 3. The number of benzene rings is 1. The van der Waals surface area contributed by atoms with Crippen molar-refractivity contribution >= 4 is 22.7 Å². The molecule has 0 radical (unpaired) electrons. The van der Waals surface area contributed by atoms with E-state index in [0.717, 1.165) is 11.0 Å². The average Bonchev–Trinajstić information content (AvgIpc) is 2.80. The molecule has 110 valence electrons. The third-order valence-corrected chi connectivity index (χ3v) is 4.66. The Morgan fingerprint density at radius 2 is 2.10 bits per heavy atom. The normalized spacial score (nSPS) is 20.3. The van der Waals surface area contributed by atoms with E-state index in [4.69, 9.17) is 4.42 Å². The molecule has 2 aromatic rings. The Morgan fingerprint density at radius 3 is 2.86 bits per heavy atom. The number of aliphatic hydroxyl groups excluding tert-OH is 1. The molecule has 21 heavy (non-hydrogen) atoms. The van der Waals surface area contributed by atoms with Crippen LogP contribution in [0.5, 0.6) is 0 Å². The highest BCUT2D eigenvalue weighted by molar-refractivity contribution is 8.03. The van der Waals surface area contributed by atoms with Crippen LogP contribution < -0.4 is 0 Å². The average molecular weight is 300 g/mol. The Balaban J connectivity index is 1.82. The summed E-state index contributed by atoms with van der Waals surface area (Å²) >= 11 is 1.85. The van der Waals surface area contributed by atoms with Gasteiger partial charge in [-0.3, -0.25) is 0 Å². The largest absolute Gasteiger partial charge is 0.458 e. The summed E-state index contributed by atoms with van der Waals surface area (Å²) < 4.78 is 5.78. The highest BCUT2D eigenvalue weighted by Crippen LogP contribution is 2.34. The molecule has 1 N–H and O–H groups in total. The Bertz CT molecular complexity index is 724. The number of allylic oxidation sites excluding steroid dienone is 2. The van der Waals surface area contributed by atoms with Gasteiger partial charge in [-0.1, -0.05) is 17.7 Å². The summed E-state index contributed by atoms with van der Waals surface area (Å²) in [6, 6.07) is 8.02. The lowest BCUT2D eigenvalue weighted by atomic mass is 10.0. The topological polar surface area (TPSA) is 33.4 Å². The first-order chi connectivity index (χ1) is 10.0. The van der Waals surface area contributed by atoms with E-state index >= 15 is 0 Å². The summed E-state index contributed by atoms with van der Waals surface area (Å²) in [5.74, 6) is 0.647. The van der Waals surface area contributed by atoms with Gasteiger partial charge in [0.25, 0.3) is 0 Å². The molecule has 0 amide bonds. The number of fused-ring (bicyclic) bond motifs is 1. The smallest absolute Gasteiger partial charge is 0.134 e. The minimum absolute atomic E-state index is 0.468. The van der Waals surface area contributed by atoms with Gasteiger partial charge in [0, 0.05) is 17.1 Å². The summed E-state index contributed by atoms with van der Waals surface area (Å²) in [5, 5.41) is 12.0. The van der Waals surface area contributed by atoms with Crippen molar-refractivity contribution in [2.45, 2.75) is 38.5 Å². The van der Waals surface area contributed by atoms with Gasteiger partial charge in [-0.15, -0.1) is 11.8 Å². The molecule has 2 atom stereocenters. The fourth-order valence-electron chi connectivity index (χ4n) is 2.77. The maximum Gasteiger partial charge on any atom is 0.134 e. The van der Waals surface area contributed by atoms with Crippen molar-refractivity contribution in [1.29, 1.82) is 0 Å². The van der Waals surface area contributed by atoms with E-state index in [0.29, 0.717) is 17.4 Å². The summed E-state index contributed by atoms with van der Waals surface area (Å²) in [4.78, 5) is 1.30. The number of hydrogen-bond donors (Lipinski definition) is 1. The molecule has 0 fully saturated rings. The third kappa shape index (κ3) is 3.25. The predicted molar refractivity (Wildman–Crippen MR) is 89.4 cm³/mol. The van der Waals surface area contributed by atoms with Gasteiger partial charge in [0.2, 0.25) is 0 Å². The number of thioether (sulfide) groups is 1. The Morgan fingerprint density at radius 1 is 1.29 bits per heavy atom. The van der Waals surface area contributed by atoms with Crippen LogP contribution in [-0.2, 0) is 0 Å². The van der Waals surface area contributed by atoms with Crippen LogP contribution in [0.1, 0.15) is 37.7 Å². The molecule has 1 aliphatic heterocycles. The fourth-order valence-corrected chi connectivity index (χ4v) is 3.82. The fraction of sp³-hybridized carbons (Fsp3) is 0.333. The second-order valence-corrected chi connectivity index (χ2v) is 7.35. The van der Waals surface area contributed by atoms with E-state index < -0.39 is 6.10 Å². The zero-order valence-corrected chi connectivity index (χ0v) is 13.4. The van der Waals surface area contributed by atoms with Gasteiger partial charge in [0.15, 0.2) is 0 Å². The number of aryl methyl sites for hydroxylation is 1. The molecule has 1 aliphatic rings. The molecule has 0 spiro atoms. The molecule has 0 saturated carbocycles. The summed E-state index contributed by atoms with van der Waals surface area (Å²) in [5.41, 5.74) is 3.22. The summed E-state index contributed by atoms with van der Waals surface area (Å²) in [7, 11) is 0. The van der Waals surface area contributed by atoms with Crippen LogP contribution in [0, 0.1) is 6.92 Å². The first kappa shape index (κ1) is 14.5. The van der Waals surface area contributed by atoms with Crippen LogP contribution in [0.4, 0.5) is 0 Å². The number of furan rings is 1. The van der Waals surface area contributed by atoms with E-state index in [9.17, 15) is 5.11 Å². The molecule has 3 rings (SSSR count). The molecule has 2 unspecified atom stereocenters. The monoisotopic (exact) mass is 300 g/mol. The van der Waals surface area contributed by atoms with Crippen molar-refractivity contribution < 1.29 is 9.52 Å². The van der Waals surface area contributed by atoms with Crippen LogP contribution in [0.25, 0.3) is 11.0 Å². The van der Waals surface area contributed by atoms with Gasteiger partial charge >= 0.3 is 0 Å². The van der Waals surface area contributed by atoms with Crippen LogP contribution in [-0.4, -0.2) is 10.4 Å². The van der Waals surface area contributed by atoms with E-state index in [-0.39, 0.29) is 0 Å². The maximum atomic E-state index is 10.4. The Kier molecular flexibility index (Phi) is 3.96. The van der Waals surface area contributed by atoms with Crippen molar-refractivity contribution in [2.75, 3.05) is 0 Å². The molecule has 0 aliphatic carbocycles. The van der Waals surface area contributed by atoms with Gasteiger partial charge in [0.1, 0.15) is 17.4 Å². The van der Waals surface area contributed by atoms with Crippen molar-refractivity contribution in [1.82, 2.24) is 0 Å². The van der Waals surface area contributed by atoms with Crippen LogP contribution in [0.2, 0.25) is 0 Å². The standard InChI is InChI=1S/C18H20O2S/c1-11-4-5-17-15(6-11)10-18(20-17)16(19)9-14-7-12(2)21-13(3)8-14/h4-8,10,12,16,19H,9H2,1-3H3. The van der Waals surface area contributed by atoms with E-state index in [2.05, 4.69) is 39.0 Å². The molecular weight excluding hydrogens is 280 g/mol. The highest BCUT2D eigenvalue weighted by Gasteiger charge is 2.17. The van der Waals surface area contributed by atoms with Gasteiger partial charge < -0.3 is 9.52 Å². The van der Waals surface area contributed by atoms with Gasteiger partial charge in [0.05, 0.1) is 0 Å². The van der Waals surface area contributed by atoms with Crippen LogP contribution in [0.3, 0.4) is 0 Å². The number of hydrogen-bond acceptors (Lipinski definition) is 3. The molecule has 0 saturated heterocycles. The summed E-state index contributed by atoms with van der Waals surface area (Å²) in [6.07, 6.45) is 4.37. The second kappa shape index (κ2) is 5.74. The lowest BCUT2D eigenvalue weighted by Crippen LogP contribution is -2.03. The molecule has 2 nitrogen and oxygen atoms in total. The van der Waals surface area contributed by atoms with Gasteiger partial charge in [-0.25, -0.2) is 0 Å². The Labute approximate surface area is 129 Å². The maximum absolute atomic E-state index is 10.4. The van der Waals surface area contributed by atoms with E-state index in [1.54, 1.807) is 0 Å². The van der Waals surface area contributed by atoms with Gasteiger partial charge in [-0.05, 0) is 55.5 Å². The molecule has 1 aromatic carbocycles. The highest BCUT2D eigenvalue weighted by atomic mass is 32.2. The lowest BCUT2D eigenvalue weighted by molar-refractivity contribution is 0.153. The molecule has 0 bridgehead atoms. The van der Waals surface area contributed by atoms with E-state index in [1.807, 2.05) is 30.0 Å². The molecule has 1 aromatic heterocycles. The van der Waals surface area contributed by atoms with Crippen LogP contribution in [0.15, 0.2) is 51.3 Å². The SMILES string of the molecule is CC1=CC(CC(O)c2cc3cc(C)ccc3o2)=CC(C)S1. The van der Waals surface area contributed by atoms with Crippen molar-refractivity contribution in [3.63, 3.8) is 0 Å². The zero-order chi connectivity index (χ0) is 15.0. The van der Waals surface area contributed by atoms with Crippen LogP contribution >= 0.6 is 11.8 Å². The first-order valence-electron chi connectivity index (χ1n) is 7.25. The lowest BCUT2D eigenvalue weighted by Gasteiger charge is -2.17. The minimum atomic E-state index is -0.594. The molecular formula is C18H20O2S. The van der Waals surface area contributed by atoms with Crippen molar-refractivity contribution in [3.05, 3.63) is 58.2 Å². The summed E-state index contributed by atoms with van der Waals surface area (Å²) in [6.45, 7) is 6.35. The second-order valence-electron chi connectivity index (χ2n) is 5.73. The predicted octanol–water partition coefficient (Wildman–Crippen LogP) is 5.13. The number of aliphatic hydroxyl groups is 1. The minimum Gasteiger partial charge on any atom is -0.458 e.